The standard InChI is InChI=1S/C50H31NO/c1-4-14-39-32(11-1)21-22-36-29-38(27-28-41(36)39)51(47-31-35-13-3-6-16-42(35)50-49(47)45-19-9-10-20-48(45)52-50)37-25-23-33(24-26-37)46-30-34-12-2-5-15-40(34)43-17-7-8-18-44(43)46/h1-31H. The van der Waals surface area contributed by atoms with Gasteiger partial charge in [0.25, 0.3) is 0 Å². The van der Waals surface area contributed by atoms with Crippen LogP contribution in [-0.2, 0) is 0 Å². The molecule has 2 heteroatoms. The van der Waals surface area contributed by atoms with E-state index in [1.165, 1.54) is 54.2 Å². The quantitative estimate of drug-likeness (QED) is 0.175. The molecule has 52 heavy (non-hydrogen) atoms. The third-order valence-electron chi connectivity index (χ3n) is 10.8. The summed E-state index contributed by atoms with van der Waals surface area (Å²) >= 11 is 0. The van der Waals surface area contributed by atoms with Crippen LogP contribution in [0, 0.1) is 0 Å². The average molecular weight is 662 g/mol. The number of benzene rings is 10. The Hall–Kier alpha value is -6.90. The maximum absolute atomic E-state index is 6.67. The minimum atomic E-state index is 0.888. The first-order valence-corrected chi connectivity index (χ1v) is 17.8. The van der Waals surface area contributed by atoms with E-state index in [1.54, 1.807) is 0 Å². The lowest BCUT2D eigenvalue weighted by Gasteiger charge is -2.27. The highest BCUT2D eigenvalue weighted by atomic mass is 16.3. The van der Waals surface area contributed by atoms with Gasteiger partial charge in [0, 0.05) is 22.1 Å². The summed E-state index contributed by atoms with van der Waals surface area (Å²) in [5.74, 6) is 0. The van der Waals surface area contributed by atoms with Crippen molar-refractivity contribution in [2.24, 2.45) is 0 Å². The monoisotopic (exact) mass is 661 g/mol. The van der Waals surface area contributed by atoms with Gasteiger partial charge in [-0.3, -0.25) is 0 Å². The molecule has 0 aliphatic heterocycles. The zero-order chi connectivity index (χ0) is 34.2. The maximum atomic E-state index is 6.67. The number of anilines is 3. The van der Waals surface area contributed by atoms with Crippen LogP contribution in [0.4, 0.5) is 17.1 Å². The second-order valence-electron chi connectivity index (χ2n) is 13.7. The first-order valence-electron chi connectivity index (χ1n) is 17.8. The molecule has 0 bridgehead atoms. The molecule has 0 unspecified atom stereocenters. The Bertz CT molecular complexity index is 3190. The number of furan rings is 1. The molecule has 1 heterocycles. The molecule has 0 atom stereocenters. The zero-order valence-corrected chi connectivity index (χ0v) is 28.3. The van der Waals surface area contributed by atoms with Crippen molar-refractivity contribution < 1.29 is 4.42 Å². The molecule has 2 nitrogen and oxygen atoms in total. The fourth-order valence-corrected chi connectivity index (χ4v) is 8.36. The van der Waals surface area contributed by atoms with E-state index in [-0.39, 0.29) is 0 Å². The molecule has 11 aromatic rings. The third kappa shape index (κ3) is 4.38. The van der Waals surface area contributed by atoms with Gasteiger partial charge in [-0.2, -0.15) is 0 Å². The van der Waals surface area contributed by atoms with Crippen LogP contribution < -0.4 is 4.90 Å². The third-order valence-corrected chi connectivity index (χ3v) is 10.8. The lowest BCUT2D eigenvalue weighted by atomic mass is 9.93. The van der Waals surface area contributed by atoms with Gasteiger partial charge in [0.15, 0.2) is 0 Å². The first kappa shape index (κ1) is 28.9. The van der Waals surface area contributed by atoms with E-state index < -0.39 is 0 Å². The summed E-state index contributed by atoms with van der Waals surface area (Å²) in [6.07, 6.45) is 0. The number of hydrogen-bond donors (Lipinski definition) is 0. The van der Waals surface area contributed by atoms with Gasteiger partial charge in [-0.15, -0.1) is 0 Å². The van der Waals surface area contributed by atoms with E-state index in [4.69, 9.17) is 4.42 Å². The molecule has 0 radical (unpaired) electrons. The molecule has 0 saturated heterocycles. The lowest BCUT2D eigenvalue weighted by Crippen LogP contribution is -2.10. The Morgan fingerprint density at radius 1 is 0.346 bits per heavy atom. The average Bonchev–Trinajstić information content (AvgIpc) is 3.61. The van der Waals surface area contributed by atoms with Crippen LogP contribution in [0.1, 0.15) is 0 Å². The summed E-state index contributed by atoms with van der Waals surface area (Å²) in [5.41, 5.74) is 7.47. The number of rotatable bonds is 4. The van der Waals surface area contributed by atoms with Crippen molar-refractivity contribution >= 4 is 92.9 Å². The molecular formula is C50H31NO. The van der Waals surface area contributed by atoms with E-state index in [9.17, 15) is 0 Å². The second kappa shape index (κ2) is 11.3. The SMILES string of the molecule is c1ccc2c(c1)ccc1cc(N(c3ccc(-c4cc5ccccc5c5ccccc45)cc3)c3cc4ccccc4c4oc5ccccc5c34)ccc12. The van der Waals surface area contributed by atoms with Gasteiger partial charge in [-0.05, 0) is 102 Å². The molecule has 0 aliphatic rings. The van der Waals surface area contributed by atoms with Crippen LogP contribution in [0.15, 0.2) is 192 Å². The predicted octanol–water partition coefficient (Wildman–Crippen LogP) is 14.5. The van der Waals surface area contributed by atoms with Gasteiger partial charge in [0.2, 0.25) is 0 Å². The van der Waals surface area contributed by atoms with Crippen LogP contribution in [-0.4, -0.2) is 0 Å². The van der Waals surface area contributed by atoms with Crippen LogP contribution >= 0.6 is 0 Å². The van der Waals surface area contributed by atoms with Gasteiger partial charge >= 0.3 is 0 Å². The van der Waals surface area contributed by atoms with Gasteiger partial charge < -0.3 is 9.32 Å². The van der Waals surface area contributed by atoms with E-state index >= 15 is 0 Å². The van der Waals surface area contributed by atoms with Crippen LogP contribution in [0.3, 0.4) is 0 Å². The fraction of sp³-hybridized carbons (Fsp3) is 0. The Balaban J connectivity index is 1.17. The van der Waals surface area contributed by atoms with Crippen molar-refractivity contribution in [1.29, 1.82) is 0 Å². The molecule has 1 aromatic heterocycles. The molecular weight excluding hydrogens is 631 g/mol. The maximum Gasteiger partial charge on any atom is 0.145 e. The van der Waals surface area contributed by atoms with E-state index in [0.29, 0.717) is 0 Å². The van der Waals surface area contributed by atoms with Crippen LogP contribution in [0.2, 0.25) is 0 Å². The summed E-state index contributed by atoms with van der Waals surface area (Å²) in [6.45, 7) is 0. The number of fused-ring (bicyclic) bond motifs is 11. The Morgan fingerprint density at radius 3 is 1.67 bits per heavy atom. The van der Waals surface area contributed by atoms with Crippen LogP contribution in [0.25, 0.3) is 86.9 Å². The number of para-hydroxylation sites is 1. The first-order chi connectivity index (χ1) is 25.8. The van der Waals surface area contributed by atoms with Crippen molar-refractivity contribution in [1.82, 2.24) is 0 Å². The molecule has 10 aromatic carbocycles. The highest BCUT2D eigenvalue weighted by Gasteiger charge is 2.22. The van der Waals surface area contributed by atoms with Crippen LogP contribution in [0.5, 0.6) is 0 Å². The summed E-state index contributed by atoms with van der Waals surface area (Å²) < 4.78 is 6.67. The van der Waals surface area contributed by atoms with Crippen molar-refractivity contribution in [3.8, 4) is 11.1 Å². The topological polar surface area (TPSA) is 16.4 Å². The number of nitrogens with zero attached hydrogens (tertiary/aromatic N) is 1. The van der Waals surface area contributed by atoms with Crippen molar-refractivity contribution in [3.05, 3.63) is 188 Å². The van der Waals surface area contributed by atoms with Gasteiger partial charge in [-0.25, -0.2) is 0 Å². The largest absolute Gasteiger partial charge is 0.455 e. The molecule has 11 rings (SSSR count). The Kier molecular flexibility index (Phi) is 6.28. The van der Waals surface area contributed by atoms with Crippen molar-refractivity contribution in [2.75, 3.05) is 4.90 Å². The summed E-state index contributed by atoms with van der Waals surface area (Å²) in [7, 11) is 0. The normalized spacial score (nSPS) is 11.8. The molecule has 0 amide bonds. The minimum absolute atomic E-state index is 0.888. The Morgan fingerprint density at radius 2 is 0.885 bits per heavy atom. The lowest BCUT2D eigenvalue weighted by molar-refractivity contribution is 0.672. The second-order valence-corrected chi connectivity index (χ2v) is 13.7. The molecule has 0 N–H and O–H groups in total. The van der Waals surface area contributed by atoms with E-state index in [0.717, 1.165) is 49.8 Å². The summed E-state index contributed by atoms with van der Waals surface area (Å²) in [6, 6.07) is 68.1. The number of hydrogen-bond acceptors (Lipinski definition) is 2. The highest BCUT2D eigenvalue weighted by molar-refractivity contribution is 6.22. The smallest absolute Gasteiger partial charge is 0.145 e. The minimum Gasteiger partial charge on any atom is -0.455 e. The van der Waals surface area contributed by atoms with E-state index in [2.05, 4.69) is 187 Å². The fourth-order valence-electron chi connectivity index (χ4n) is 8.36. The predicted molar refractivity (Wildman–Crippen MR) is 221 cm³/mol. The summed E-state index contributed by atoms with van der Waals surface area (Å²) in [4.78, 5) is 2.41. The Labute approximate surface area is 300 Å². The van der Waals surface area contributed by atoms with Gasteiger partial charge in [0.05, 0.1) is 11.1 Å². The molecule has 0 fully saturated rings. The molecule has 0 saturated carbocycles. The van der Waals surface area contributed by atoms with Crippen molar-refractivity contribution in [3.63, 3.8) is 0 Å². The molecule has 0 spiro atoms. The molecule has 242 valence electrons. The van der Waals surface area contributed by atoms with E-state index in [1.807, 2.05) is 6.07 Å². The molecule has 0 aliphatic carbocycles. The highest BCUT2D eigenvalue weighted by Crippen LogP contribution is 2.47. The van der Waals surface area contributed by atoms with Gasteiger partial charge in [0.1, 0.15) is 11.2 Å². The zero-order valence-electron chi connectivity index (χ0n) is 28.3. The van der Waals surface area contributed by atoms with Gasteiger partial charge in [-0.1, -0.05) is 146 Å². The van der Waals surface area contributed by atoms with Crippen molar-refractivity contribution in [2.45, 2.75) is 0 Å². The summed E-state index contributed by atoms with van der Waals surface area (Å²) in [5, 5.41) is 14.5.